The number of methoxy groups -OCH3 is 1. The van der Waals surface area contributed by atoms with Crippen LogP contribution in [-0.4, -0.2) is 38.7 Å². The standard InChI is InChI=1S/C7H14N2O3/c1-3-12-6(8)4-9-7(10)5-11-2/h8H,3-5H2,1-2H3,(H,9,10). The first-order valence-electron chi connectivity index (χ1n) is 3.66. The Morgan fingerprint density at radius 3 is 2.75 bits per heavy atom. The van der Waals surface area contributed by atoms with Crippen LogP contribution in [0, 0.1) is 5.41 Å². The zero-order valence-electron chi connectivity index (χ0n) is 7.35. The molecule has 0 aliphatic heterocycles. The summed E-state index contributed by atoms with van der Waals surface area (Å²) in [6, 6.07) is 0. The third-order valence-electron chi connectivity index (χ3n) is 1.04. The maximum atomic E-state index is 10.8. The van der Waals surface area contributed by atoms with Crippen molar-refractivity contribution in [2.45, 2.75) is 6.92 Å². The molecule has 0 aliphatic carbocycles. The second-order valence-electron chi connectivity index (χ2n) is 2.07. The highest BCUT2D eigenvalue weighted by Gasteiger charge is 2.01. The van der Waals surface area contributed by atoms with E-state index < -0.39 is 0 Å². The maximum absolute atomic E-state index is 10.8. The maximum Gasteiger partial charge on any atom is 0.246 e. The van der Waals surface area contributed by atoms with Gasteiger partial charge in [0.2, 0.25) is 5.91 Å². The van der Waals surface area contributed by atoms with E-state index in [0.717, 1.165) is 0 Å². The molecule has 5 heteroatoms. The largest absolute Gasteiger partial charge is 0.480 e. The van der Waals surface area contributed by atoms with Crippen molar-refractivity contribution in [2.24, 2.45) is 0 Å². The molecule has 2 N–H and O–H groups in total. The molecule has 0 aromatic carbocycles. The number of ether oxygens (including phenoxy) is 2. The van der Waals surface area contributed by atoms with Gasteiger partial charge in [0, 0.05) is 7.11 Å². The molecule has 0 rings (SSSR count). The normalized spacial score (nSPS) is 9.17. The molecule has 0 saturated carbocycles. The first-order valence-corrected chi connectivity index (χ1v) is 3.66. The van der Waals surface area contributed by atoms with Crippen molar-refractivity contribution in [3.63, 3.8) is 0 Å². The molecule has 0 aromatic heterocycles. The van der Waals surface area contributed by atoms with Gasteiger partial charge in [0.05, 0.1) is 13.2 Å². The summed E-state index contributed by atoms with van der Waals surface area (Å²) in [6.45, 7) is 2.36. The molecule has 0 unspecified atom stereocenters. The number of nitrogens with one attached hydrogen (secondary N) is 2. The molecule has 0 heterocycles. The van der Waals surface area contributed by atoms with Gasteiger partial charge >= 0.3 is 0 Å². The van der Waals surface area contributed by atoms with Crippen LogP contribution in [0.1, 0.15) is 6.92 Å². The predicted molar refractivity (Wildman–Crippen MR) is 44.2 cm³/mol. The Kier molecular flexibility index (Phi) is 6.00. The Labute approximate surface area is 71.6 Å². The lowest BCUT2D eigenvalue weighted by Crippen LogP contribution is -2.32. The fraction of sp³-hybridized carbons (Fsp3) is 0.714. The van der Waals surface area contributed by atoms with Crippen LogP contribution in [0.2, 0.25) is 0 Å². The monoisotopic (exact) mass is 174 g/mol. The van der Waals surface area contributed by atoms with Crippen molar-refractivity contribution in [2.75, 3.05) is 26.9 Å². The number of amides is 1. The van der Waals surface area contributed by atoms with Crippen molar-refractivity contribution >= 4 is 11.8 Å². The molecule has 12 heavy (non-hydrogen) atoms. The summed E-state index contributed by atoms with van der Waals surface area (Å²) in [4.78, 5) is 10.8. The van der Waals surface area contributed by atoms with Crippen LogP contribution < -0.4 is 5.32 Å². The Morgan fingerprint density at radius 2 is 2.25 bits per heavy atom. The number of rotatable bonds is 5. The highest BCUT2D eigenvalue weighted by atomic mass is 16.5. The topological polar surface area (TPSA) is 71.4 Å². The van der Waals surface area contributed by atoms with E-state index in [9.17, 15) is 4.79 Å². The van der Waals surface area contributed by atoms with Gasteiger partial charge in [0.15, 0.2) is 5.90 Å². The van der Waals surface area contributed by atoms with E-state index in [0.29, 0.717) is 6.61 Å². The van der Waals surface area contributed by atoms with E-state index in [2.05, 4.69) is 10.1 Å². The van der Waals surface area contributed by atoms with E-state index in [1.54, 1.807) is 6.92 Å². The molecule has 1 amide bonds. The summed E-state index contributed by atoms with van der Waals surface area (Å²) in [5.41, 5.74) is 0. The van der Waals surface area contributed by atoms with Crippen molar-refractivity contribution in [3.8, 4) is 0 Å². The van der Waals surface area contributed by atoms with Gasteiger partial charge in [0.1, 0.15) is 6.61 Å². The molecule has 0 fully saturated rings. The fourth-order valence-corrected chi connectivity index (χ4v) is 0.586. The van der Waals surface area contributed by atoms with E-state index in [-0.39, 0.29) is 25.0 Å². The van der Waals surface area contributed by atoms with Crippen molar-refractivity contribution in [3.05, 3.63) is 0 Å². The van der Waals surface area contributed by atoms with Gasteiger partial charge in [0.25, 0.3) is 0 Å². The molecular weight excluding hydrogens is 160 g/mol. The smallest absolute Gasteiger partial charge is 0.246 e. The van der Waals surface area contributed by atoms with Crippen LogP contribution in [0.3, 0.4) is 0 Å². The summed E-state index contributed by atoms with van der Waals surface area (Å²) < 4.78 is 9.37. The Hall–Kier alpha value is -1.10. The lowest BCUT2D eigenvalue weighted by Gasteiger charge is -2.05. The van der Waals surface area contributed by atoms with Gasteiger partial charge in [-0.2, -0.15) is 0 Å². The van der Waals surface area contributed by atoms with Gasteiger partial charge in [-0.15, -0.1) is 0 Å². The van der Waals surface area contributed by atoms with Crippen molar-refractivity contribution < 1.29 is 14.3 Å². The van der Waals surface area contributed by atoms with Crippen molar-refractivity contribution in [1.29, 1.82) is 5.41 Å². The van der Waals surface area contributed by atoms with E-state index in [4.69, 9.17) is 10.1 Å². The third kappa shape index (κ3) is 5.67. The van der Waals surface area contributed by atoms with E-state index >= 15 is 0 Å². The summed E-state index contributed by atoms with van der Waals surface area (Å²) in [5, 5.41) is 9.59. The molecule has 0 atom stereocenters. The highest BCUT2D eigenvalue weighted by Crippen LogP contribution is 1.76. The molecule has 0 aliphatic rings. The summed E-state index contributed by atoms with van der Waals surface area (Å²) in [5.74, 6) is -0.191. The van der Waals surface area contributed by atoms with Crippen molar-refractivity contribution in [1.82, 2.24) is 5.32 Å². The van der Waals surface area contributed by atoms with Gasteiger partial charge in [-0.1, -0.05) is 0 Å². The molecule has 0 bridgehead atoms. The average molecular weight is 174 g/mol. The van der Waals surface area contributed by atoms with Crippen LogP contribution >= 0.6 is 0 Å². The van der Waals surface area contributed by atoms with Crippen LogP contribution in [-0.2, 0) is 14.3 Å². The van der Waals surface area contributed by atoms with Gasteiger partial charge in [-0.3, -0.25) is 10.2 Å². The molecule has 0 spiro atoms. The molecule has 0 saturated heterocycles. The zero-order chi connectivity index (χ0) is 9.40. The summed E-state index contributed by atoms with van der Waals surface area (Å²) in [7, 11) is 1.44. The lowest BCUT2D eigenvalue weighted by atomic mass is 10.5. The minimum absolute atomic E-state index is 0.0133. The van der Waals surface area contributed by atoms with Gasteiger partial charge in [-0.05, 0) is 6.92 Å². The van der Waals surface area contributed by atoms with Crippen LogP contribution in [0.4, 0.5) is 0 Å². The Bertz CT molecular complexity index is 141. The second kappa shape index (κ2) is 6.60. The number of carbonyl (C=O) groups excluding carboxylic acids is 1. The number of hydrogen-bond donors (Lipinski definition) is 2. The average Bonchev–Trinajstić information content (AvgIpc) is 2.02. The minimum atomic E-state index is -0.248. The zero-order valence-corrected chi connectivity index (χ0v) is 7.35. The fourth-order valence-electron chi connectivity index (χ4n) is 0.586. The van der Waals surface area contributed by atoms with Crippen LogP contribution in [0.5, 0.6) is 0 Å². The quantitative estimate of drug-likeness (QED) is 0.446. The second-order valence-corrected chi connectivity index (χ2v) is 2.07. The van der Waals surface area contributed by atoms with Gasteiger partial charge < -0.3 is 14.8 Å². The SMILES string of the molecule is CCOC(=N)CNC(=O)COC. The Morgan fingerprint density at radius 1 is 1.58 bits per heavy atom. The minimum Gasteiger partial charge on any atom is -0.480 e. The lowest BCUT2D eigenvalue weighted by molar-refractivity contribution is -0.124. The summed E-state index contributed by atoms with van der Waals surface area (Å²) >= 11 is 0. The predicted octanol–water partition coefficient (Wildman–Crippen LogP) is -0.237. The first-order chi connectivity index (χ1) is 5.70. The van der Waals surface area contributed by atoms with E-state index in [1.807, 2.05) is 0 Å². The van der Waals surface area contributed by atoms with Crippen LogP contribution in [0.25, 0.3) is 0 Å². The number of hydrogen-bond acceptors (Lipinski definition) is 4. The Balaban J connectivity index is 3.40. The molecular formula is C7H14N2O3. The van der Waals surface area contributed by atoms with E-state index in [1.165, 1.54) is 7.11 Å². The highest BCUT2D eigenvalue weighted by molar-refractivity contribution is 5.83. The molecule has 0 aromatic rings. The van der Waals surface area contributed by atoms with Gasteiger partial charge in [-0.25, -0.2) is 0 Å². The summed E-state index contributed by atoms with van der Waals surface area (Å²) in [6.07, 6.45) is 0. The first kappa shape index (κ1) is 10.9. The third-order valence-corrected chi connectivity index (χ3v) is 1.04. The molecule has 0 radical (unpaired) electrons. The molecule has 5 nitrogen and oxygen atoms in total. The number of carbonyl (C=O) groups is 1. The molecule has 70 valence electrons. The van der Waals surface area contributed by atoms with Crippen LogP contribution in [0.15, 0.2) is 0 Å².